The van der Waals surface area contributed by atoms with E-state index < -0.39 is 11.9 Å². The van der Waals surface area contributed by atoms with Gasteiger partial charge in [0.25, 0.3) is 0 Å². The van der Waals surface area contributed by atoms with Gasteiger partial charge in [0, 0.05) is 10.9 Å². The van der Waals surface area contributed by atoms with E-state index in [4.69, 9.17) is 10.5 Å². The zero-order valence-corrected chi connectivity index (χ0v) is 14.5. The molecule has 0 bridgehead atoms. The first-order valence-electron chi connectivity index (χ1n) is 6.91. The second-order valence-corrected chi connectivity index (χ2v) is 5.63. The van der Waals surface area contributed by atoms with Gasteiger partial charge in [-0.15, -0.1) is 23.7 Å². The van der Waals surface area contributed by atoms with Crippen molar-refractivity contribution >= 4 is 34.8 Å². The van der Waals surface area contributed by atoms with Crippen molar-refractivity contribution in [3.63, 3.8) is 0 Å². The van der Waals surface area contributed by atoms with Crippen LogP contribution in [0.25, 0.3) is 11.3 Å². The molecule has 5 nitrogen and oxygen atoms in total. The number of nitrogens with two attached hydrogens (primary N) is 1. The molecule has 1 aromatic heterocycles. The average molecular weight is 360 g/mol. The predicted octanol–water partition coefficient (Wildman–Crippen LogP) is 3.45. The normalized spacial score (nSPS) is 11.5. The molecule has 0 radical (unpaired) electrons. The highest BCUT2D eigenvalue weighted by Crippen LogP contribution is 2.28. The molecule has 0 saturated carbocycles. The zero-order valence-electron chi connectivity index (χ0n) is 12.8. The molecule has 0 spiro atoms. The van der Waals surface area contributed by atoms with Gasteiger partial charge in [-0.25, -0.2) is 9.37 Å². The van der Waals surface area contributed by atoms with Crippen LogP contribution in [0.3, 0.4) is 0 Å². The first kappa shape index (κ1) is 19.3. The molecule has 23 heavy (non-hydrogen) atoms. The number of benzene rings is 1. The number of nitrogens with zero attached hydrogens (tertiary/aromatic N) is 1. The van der Waals surface area contributed by atoms with Crippen LogP contribution < -0.4 is 15.8 Å². The number of aromatic nitrogens is 1. The summed E-state index contributed by atoms with van der Waals surface area (Å²) in [5, 5.41) is 4.88. The van der Waals surface area contributed by atoms with Gasteiger partial charge in [0.1, 0.15) is 0 Å². The number of hydrogen-bond donors (Lipinski definition) is 2. The molecule has 1 atom stereocenters. The second-order valence-electron chi connectivity index (χ2n) is 4.77. The van der Waals surface area contributed by atoms with E-state index in [1.165, 1.54) is 24.5 Å². The summed E-state index contributed by atoms with van der Waals surface area (Å²) in [6.45, 7) is 1.97. The molecule has 2 rings (SSSR count). The van der Waals surface area contributed by atoms with Crippen molar-refractivity contribution < 1.29 is 13.9 Å². The molecular formula is C15H19ClFN3O2S. The van der Waals surface area contributed by atoms with E-state index >= 15 is 0 Å². The number of rotatable bonds is 6. The first-order chi connectivity index (χ1) is 10.5. The molecule has 8 heteroatoms. The maximum Gasteiger partial charge on any atom is 0.243 e. The van der Waals surface area contributed by atoms with Crippen LogP contribution in [-0.4, -0.2) is 24.0 Å². The SMILES string of the molecule is CCCC(N)C(=O)Nc1nc(-c2ccc(OC)c(F)c2)cs1.Cl. The summed E-state index contributed by atoms with van der Waals surface area (Å²) in [6.07, 6.45) is 1.45. The predicted molar refractivity (Wildman–Crippen MR) is 92.8 cm³/mol. The molecule has 1 amide bonds. The molecule has 3 N–H and O–H groups in total. The van der Waals surface area contributed by atoms with E-state index in [2.05, 4.69) is 10.3 Å². The maximum atomic E-state index is 13.7. The van der Waals surface area contributed by atoms with Gasteiger partial charge in [0.05, 0.1) is 18.8 Å². The van der Waals surface area contributed by atoms with E-state index in [-0.39, 0.29) is 24.1 Å². The Hall–Kier alpha value is -1.70. The Kier molecular flexibility index (Phi) is 7.41. The molecule has 1 heterocycles. The van der Waals surface area contributed by atoms with Crippen molar-refractivity contribution in [2.24, 2.45) is 5.73 Å². The van der Waals surface area contributed by atoms with Gasteiger partial charge in [0.15, 0.2) is 16.7 Å². The van der Waals surface area contributed by atoms with Gasteiger partial charge in [-0.1, -0.05) is 13.3 Å². The number of nitrogens with one attached hydrogen (secondary N) is 1. The van der Waals surface area contributed by atoms with Gasteiger partial charge in [0.2, 0.25) is 5.91 Å². The minimum Gasteiger partial charge on any atom is -0.494 e. The van der Waals surface area contributed by atoms with Gasteiger partial charge >= 0.3 is 0 Å². The summed E-state index contributed by atoms with van der Waals surface area (Å²) in [7, 11) is 1.41. The minimum absolute atomic E-state index is 0. The average Bonchev–Trinajstić information content (AvgIpc) is 2.95. The summed E-state index contributed by atoms with van der Waals surface area (Å²) in [5.41, 5.74) is 6.95. The summed E-state index contributed by atoms with van der Waals surface area (Å²) in [5.74, 6) is -0.537. The lowest BCUT2D eigenvalue weighted by molar-refractivity contribution is -0.117. The molecule has 2 aromatic rings. The molecule has 0 saturated heterocycles. The summed E-state index contributed by atoms with van der Waals surface area (Å²) in [4.78, 5) is 16.1. The largest absolute Gasteiger partial charge is 0.494 e. The van der Waals surface area contributed by atoms with Crippen LogP contribution in [0.1, 0.15) is 19.8 Å². The topological polar surface area (TPSA) is 77.2 Å². The quantitative estimate of drug-likeness (QED) is 0.828. The van der Waals surface area contributed by atoms with Crippen LogP contribution in [0.5, 0.6) is 5.75 Å². The third-order valence-corrected chi connectivity index (χ3v) is 3.88. The van der Waals surface area contributed by atoms with Crippen LogP contribution in [0.15, 0.2) is 23.6 Å². The molecule has 0 aliphatic rings. The maximum absolute atomic E-state index is 13.7. The van der Waals surface area contributed by atoms with E-state index in [0.29, 0.717) is 22.8 Å². The molecular weight excluding hydrogens is 341 g/mol. The van der Waals surface area contributed by atoms with E-state index in [1.54, 1.807) is 17.5 Å². The van der Waals surface area contributed by atoms with Crippen molar-refractivity contribution in [2.75, 3.05) is 12.4 Å². The highest BCUT2D eigenvalue weighted by molar-refractivity contribution is 7.14. The zero-order chi connectivity index (χ0) is 16.1. The van der Waals surface area contributed by atoms with Crippen LogP contribution in [-0.2, 0) is 4.79 Å². The van der Waals surface area contributed by atoms with Crippen LogP contribution >= 0.6 is 23.7 Å². The molecule has 1 aromatic carbocycles. The van der Waals surface area contributed by atoms with Gasteiger partial charge in [-0.3, -0.25) is 4.79 Å². The summed E-state index contributed by atoms with van der Waals surface area (Å²) >= 11 is 1.27. The van der Waals surface area contributed by atoms with Crippen molar-refractivity contribution in [2.45, 2.75) is 25.8 Å². The highest BCUT2D eigenvalue weighted by Gasteiger charge is 2.15. The third-order valence-electron chi connectivity index (χ3n) is 3.12. The number of amides is 1. The fourth-order valence-corrected chi connectivity index (χ4v) is 2.65. The van der Waals surface area contributed by atoms with Crippen LogP contribution in [0.4, 0.5) is 9.52 Å². The van der Waals surface area contributed by atoms with Crippen molar-refractivity contribution in [1.82, 2.24) is 4.98 Å². The van der Waals surface area contributed by atoms with E-state index in [1.807, 2.05) is 6.92 Å². The number of halogens is 2. The van der Waals surface area contributed by atoms with Crippen molar-refractivity contribution in [1.29, 1.82) is 0 Å². The Bertz CT molecular complexity index is 666. The minimum atomic E-state index is -0.546. The molecule has 1 unspecified atom stereocenters. The molecule has 126 valence electrons. The van der Waals surface area contributed by atoms with Crippen LogP contribution in [0, 0.1) is 5.82 Å². The Labute approximate surface area is 144 Å². The lowest BCUT2D eigenvalue weighted by Crippen LogP contribution is -2.35. The lowest BCUT2D eigenvalue weighted by Gasteiger charge is -2.08. The summed E-state index contributed by atoms with van der Waals surface area (Å²) < 4.78 is 18.6. The monoisotopic (exact) mass is 359 g/mol. The third kappa shape index (κ3) is 4.89. The van der Waals surface area contributed by atoms with E-state index in [0.717, 1.165) is 6.42 Å². The summed E-state index contributed by atoms with van der Waals surface area (Å²) in [6, 6.07) is 4.06. The lowest BCUT2D eigenvalue weighted by atomic mass is 10.1. The first-order valence-corrected chi connectivity index (χ1v) is 7.79. The second kappa shape index (κ2) is 8.81. The Balaban J connectivity index is 0.00000264. The smallest absolute Gasteiger partial charge is 0.243 e. The number of anilines is 1. The van der Waals surface area contributed by atoms with E-state index in [9.17, 15) is 9.18 Å². The van der Waals surface area contributed by atoms with Crippen molar-refractivity contribution in [3.8, 4) is 17.0 Å². The number of carbonyl (C=O) groups excluding carboxylic acids is 1. The van der Waals surface area contributed by atoms with Crippen molar-refractivity contribution in [3.05, 3.63) is 29.4 Å². The molecule has 0 fully saturated rings. The number of hydrogen-bond acceptors (Lipinski definition) is 5. The van der Waals surface area contributed by atoms with Gasteiger partial charge in [-0.2, -0.15) is 0 Å². The number of ether oxygens (including phenoxy) is 1. The Morgan fingerprint density at radius 3 is 2.87 bits per heavy atom. The van der Waals surface area contributed by atoms with Gasteiger partial charge in [-0.05, 0) is 24.6 Å². The highest BCUT2D eigenvalue weighted by atomic mass is 35.5. The van der Waals surface area contributed by atoms with Gasteiger partial charge < -0.3 is 15.8 Å². The Morgan fingerprint density at radius 1 is 1.52 bits per heavy atom. The fraction of sp³-hybridized carbons (Fsp3) is 0.333. The van der Waals surface area contributed by atoms with Crippen LogP contribution in [0.2, 0.25) is 0 Å². The number of carbonyl (C=O) groups is 1. The molecule has 0 aliphatic carbocycles. The Morgan fingerprint density at radius 2 is 2.26 bits per heavy atom. The number of thiazole rings is 1. The fourth-order valence-electron chi connectivity index (χ4n) is 1.93. The molecule has 0 aliphatic heterocycles. The standard InChI is InChI=1S/C15H18FN3O2S.ClH/c1-3-4-11(17)14(20)19-15-18-12(8-22-15)9-5-6-13(21-2)10(16)7-9;/h5-8,11H,3-4,17H2,1-2H3,(H,18,19,20);1H. The number of methoxy groups -OCH3 is 1.